The number of ether oxygens (including phenoxy) is 1. The second-order valence-corrected chi connectivity index (χ2v) is 5.97. The van der Waals surface area contributed by atoms with Crippen LogP contribution < -0.4 is 10.1 Å². The topological polar surface area (TPSA) is 41.5 Å². The van der Waals surface area contributed by atoms with Crippen LogP contribution in [-0.2, 0) is 6.42 Å². The van der Waals surface area contributed by atoms with E-state index >= 15 is 0 Å². The van der Waals surface area contributed by atoms with Crippen LogP contribution in [0.4, 0.5) is 0 Å². The smallest absolute Gasteiger partial charge is 0.118 e. The molecule has 0 amide bonds. The summed E-state index contributed by atoms with van der Waals surface area (Å²) in [5.41, 5.74) is 1.45. The third kappa shape index (κ3) is 6.08. The highest BCUT2D eigenvalue weighted by molar-refractivity contribution is 5.27. The molecular formula is C16H27NO2. The Kier molecular flexibility index (Phi) is 6.32. The van der Waals surface area contributed by atoms with Crippen LogP contribution in [0.15, 0.2) is 24.3 Å². The summed E-state index contributed by atoms with van der Waals surface area (Å²) in [7, 11) is 1.68. The van der Waals surface area contributed by atoms with E-state index in [1.165, 1.54) is 5.56 Å². The standard InChI is InChI=1S/C16H27NO2/c1-13(17-12-16(2,3)9-10-18)11-14-5-7-15(19-4)8-6-14/h5-8,13,17-18H,9-12H2,1-4H3. The zero-order chi connectivity index (χ0) is 14.3. The first-order chi connectivity index (χ1) is 8.96. The van der Waals surface area contributed by atoms with Crippen LogP contribution in [0, 0.1) is 5.41 Å². The van der Waals surface area contributed by atoms with Crippen molar-refractivity contribution in [2.45, 2.75) is 39.7 Å². The van der Waals surface area contributed by atoms with Crippen LogP contribution in [0.2, 0.25) is 0 Å². The van der Waals surface area contributed by atoms with Crippen LogP contribution in [0.1, 0.15) is 32.8 Å². The van der Waals surface area contributed by atoms with Crippen molar-refractivity contribution < 1.29 is 9.84 Å². The van der Waals surface area contributed by atoms with Crippen molar-refractivity contribution in [1.82, 2.24) is 5.32 Å². The molecule has 108 valence electrons. The third-order valence-corrected chi connectivity index (χ3v) is 3.42. The molecule has 0 aliphatic carbocycles. The molecule has 0 radical (unpaired) electrons. The lowest BCUT2D eigenvalue weighted by atomic mass is 9.89. The Morgan fingerprint density at radius 3 is 2.42 bits per heavy atom. The molecule has 0 fully saturated rings. The summed E-state index contributed by atoms with van der Waals surface area (Å²) in [4.78, 5) is 0. The number of rotatable bonds is 8. The molecule has 0 bridgehead atoms. The van der Waals surface area contributed by atoms with Crippen LogP contribution >= 0.6 is 0 Å². The van der Waals surface area contributed by atoms with Crippen molar-refractivity contribution >= 4 is 0 Å². The minimum Gasteiger partial charge on any atom is -0.497 e. The quantitative estimate of drug-likeness (QED) is 0.759. The van der Waals surface area contributed by atoms with E-state index in [1.807, 2.05) is 12.1 Å². The molecule has 0 heterocycles. The second kappa shape index (κ2) is 7.51. The number of hydrogen-bond acceptors (Lipinski definition) is 3. The summed E-state index contributed by atoms with van der Waals surface area (Å²) >= 11 is 0. The van der Waals surface area contributed by atoms with Gasteiger partial charge in [-0.2, -0.15) is 0 Å². The molecule has 1 aromatic carbocycles. The van der Waals surface area contributed by atoms with E-state index in [-0.39, 0.29) is 12.0 Å². The number of aliphatic hydroxyl groups is 1. The molecule has 2 N–H and O–H groups in total. The first-order valence-electron chi connectivity index (χ1n) is 6.94. The van der Waals surface area contributed by atoms with E-state index in [4.69, 9.17) is 9.84 Å². The zero-order valence-corrected chi connectivity index (χ0v) is 12.6. The molecule has 1 aromatic rings. The highest BCUT2D eigenvalue weighted by Gasteiger charge is 2.17. The molecule has 1 atom stereocenters. The van der Waals surface area contributed by atoms with Crippen LogP contribution in [-0.4, -0.2) is 31.4 Å². The summed E-state index contributed by atoms with van der Waals surface area (Å²) in [6.07, 6.45) is 1.83. The van der Waals surface area contributed by atoms with Gasteiger partial charge in [-0.15, -0.1) is 0 Å². The molecule has 1 unspecified atom stereocenters. The highest BCUT2D eigenvalue weighted by atomic mass is 16.5. The number of nitrogens with one attached hydrogen (secondary N) is 1. The van der Waals surface area contributed by atoms with Gasteiger partial charge in [-0.3, -0.25) is 0 Å². The van der Waals surface area contributed by atoms with Crippen LogP contribution in [0.3, 0.4) is 0 Å². The van der Waals surface area contributed by atoms with E-state index in [0.29, 0.717) is 6.04 Å². The average molecular weight is 265 g/mol. The molecule has 0 saturated carbocycles. The molecule has 1 rings (SSSR count). The highest BCUT2D eigenvalue weighted by Crippen LogP contribution is 2.19. The Hall–Kier alpha value is -1.06. The predicted molar refractivity (Wildman–Crippen MR) is 79.6 cm³/mol. The molecule has 3 heteroatoms. The summed E-state index contributed by atoms with van der Waals surface area (Å²) < 4.78 is 5.15. The van der Waals surface area contributed by atoms with Crippen molar-refractivity contribution in [2.24, 2.45) is 5.41 Å². The monoisotopic (exact) mass is 265 g/mol. The molecule has 0 spiro atoms. The van der Waals surface area contributed by atoms with Gasteiger partial charge in [0.1, 0.15) is 5.75 Å². The molecular weight excluding hydrogens is 238 g/mol. The number of hydrogen-bond donors (Lipinski definition) is 2. The zero-order valence-electron chi connectivity index (χ0n) is 12.6. The summed E-state index contributed by atoms with van der Waals surface area (Å²) in [5, 5.41) is 12.6. The van der Waals surface area contributed by atoms with E-state index in [1.54, 1.807) is 7.11 Å². The Labute approximate surface area is 117 Å². The molecule has 3 nitrogen and oxygen atoms in total. The maximum absolute atomic E-state index is 9.01. The molecule has 0 aromatic heterocycles. The third-order valence-electron chi connectivity index (χ3n) is 3.42. The van der Waals surface area contributed by atoms with Gasteiger partial charge in [0.25, 0.3) is 0 Å². The summed E-state index contributed by atoms with van der Waals surface area (Å²) in [6.45, 7) is 7.72. The number of aliphatic hydroxyl groups excluding tert-OH is 1. The van der Waals surface area contributed by atoms with Gasteiger partial charge in [0.05, 0.1) is 7.11 Å². The minimum absolute atomic E-state index is 0.142. The van der Waals surface area contributed by atoms with Gasteiger partial charge in [0.2, 0.25) is 0 Å². The Balaban J connectivity index is 2.39. The summed E-state index contributed by atoms with van der Waals surface area (Å²) in [6, 6.07) is 8.63. The van der Waals surface area contributed by atoms with E-state index in [9.17, 15) is 0 Å². The van der Waals surface area contributed by atoms with Gasteiger partial charge in [0.15, 0.2) is 0 Å². The maximum Gasteiger partial charge on any atom is 0.118 e. The van der Waals surface area contributed by atoms with Crippen LogP contribution in [0.5, 0.6) is 5.75 Å². The fourth-order valence-corrected chi connectivity index (χ4v) is 2.03. The van der Waals surface area contributed by atoms with Gasteiger partial charge in [0, 0.05) is 19.2 Å². The van der Waals surface area contributed by atoms with Gasteiger partial charge >= 0.3 is 0 Å². The Morgan fingerprint density at radius 1 is 1.26 bits per heavy atom. The van der Waals surface area contributed by atoms with Gasteiger partial charge in [-0.05, 0) is 42.9 Å². The number of benzene rings is 1. The fraction of sp³-hybridized carbons (Fsp3) is 0.625. The normalized spacial score (nSPS) is 13.3. The maximum atomic E-state index is 9.01. The Morgan fingerprint density at radius 2 is 1.89 bits per heavy atom. The van der Waals surface area contributed by atoms with Crippen molar-refractivity contribution in [2.75, 3.05) is 20.3 Å². The summed E-state index contributed by atoms with van der Waals surface area (Å²) in [5.74, 6) is 0.897. The first kappa shape index (κ1) is 16.0. The lowest BCUT2D eigenvalue weighted by Crippen LogP contribution is -2.37. The largest absolute Gasteiger partial charge is 0.497 e. The molecule has 19 heavy (non-hydrogen) atoms. The molecule has 0 aliphatic rings. The SMILES string of the molecule is COc1ccc(CC(C)NCC(C)(C)CCO)cc1. The van der Waals surface area contributed by atoms with Gasteiger partial charge in [-0.25, -0.2) is 0 Å². The average Bonchev–Trinajstić information content (AvgIpc) is 2.37. The van der Waals surface area contributed by atoms with Crippen molar-refractivity contribution in [3.8, 4) is 5.75 Å². The fourth-order valence-electron chi connectivity index (χ4n) is 2.03. The van der Waals surface area contributed by atoms with Crippen molar-refractivity contribution in [3.63, 3.8) is 0 Å². The lowest BCUT2D eigenvalue weighted by Gasteiger charge is -2.26. The number of methoxy groups -OCH3 is 1. The minimum atomic E-state index is 0.142. The second-order valence-electron chi connectivity index (χ2n) is 5.97. The lowest BCUT2D eigenvalue weighted by molar-refractivity contribution is 0.203. The van der Waals surface area contributed by atoms with Gasteiger partial charge < -0.3 is 15.2 Å². The van der Waals surface area contributed by atoms with Crippen LogP contribution in [0.25, 0.3) is 0 Å². The van der Waals surface area contributed by atoms with E-state index < -0.39 is 0 Å². The van der Waals surface area contributed by atoms with Gasteiger partial charge in [-0.1, -0.05) is 26.0 Å². The molecule has 0 saturated heterocycles. The van der Waals surface area contributed by atoms with Crippen molar-refractivity contribution in [1.29, 1.82) is 0 Å². The Bertz CT molecular complexity index is 360. The molecule has 0 aliphatic heterocycles. The first-order valence-corrected chi connectivity index (χ1v) is 6.94. The predicted octanol–water partition coefficient (Wildman–Crippen LogP) is 2.62. The van der Waals surface area contributed by atoms with Crippen molar-refractivity contribution in [3.05, 3.63) is 29.8 Å². The van der Waals surface area contributed by atoms with E-state index in [2.05, 4.69) is 38.2 Å². The van der Waals surface area contributed by atoms with E-state index in [0.717, 1.165) is 25.1 Å².